The number of methoxy groups -OCH3 is 2. The van der Waals surface area contributed by atoms with Gasteiger partial charge in [0.25, 0.3) is 0 Å². The van der Waals surface area contributed by atoms with Gasteiger partial charge in [0.15, 0.2) is 0 Å². The molecule has 0 saturated heterocycles. The molecule has 0 fully saturated rings. The van der Waals surface area contributed by atoms with E-state index in [2.05, 4.69) is 0 Å². The van der Waals surface area contributed by atoms with Crippen LogP contribution in [0.5, 0.6) is 17.2 Å². The van der Waals surface area contributed by atoms with Crippen molar-refractivity contribution in [1.29, 1.82) is 0 Å². The van der Waals surface area contributed by atoms with Crippen LogP contribution in [0.3, 0.4) is 0 Å². The molecule has 2 rings (SSSR count). The summed E-state index contributed by atoms with van der Waals surface area (Å²) in [7, 11) is 3.19. The topological polar surface area (TPSA) is 27.7 Å². The van der Waals surface area contributed by atoms with Gasteiger partial charge in [0.05, 0.1) is 20.5 Å². The molecule has 0 atom stereocenters. The van der Waals surface area contributed by atoms with E-state index in [-0.39, 0.29) is 5.82 Å². The molecule has 0 N–H and O–H groups in total. The maximum Gasteiger partial charge on any atom is 0.126 e. The quantitative estimate of drug-likeness (QED) is 0.774. The Balaban J connectivity index is 2.08. The SMILES string of the molecule is COc1cc(/C=C/Oc2ccc(F)cc2)cc(OC)c1. The third-order valence-corrected chi connectivity index (χ3v) is 2.65. The summed E-state index contributed by atoms with van der Waals surface area (Å²) in [6.45, 7) is 0. The summed E-state index contributed by atoms with van der Waals surface area (Å²) < 4.78 is 28.5. The summed E-state index contributed by atoms with van der Waals surface area (Å²) in [5.41, 5.74) is 0.878. The molecule has 0 bridgehead atoms. The van der Waals surface area contributed by atoms with Crippen LogP contribution in [0.4, 0.5) is 4.39 Å². The van der Waals surface area contributed by atoms with E-state index >= 15 is 0 Å². The van der Waals surface area contributed by atoms with Crippen molar-refractivity contribution >= 4 is 6.08 Å². The van der Waals surface area contributed by atoms with E-state index in [0.717, 1.165) is 5.56 Å². The smallest absolute Gasteiger partial charge is 0.126 e. The molecule has 4 heteroatoms. The standard InChI is InChI=1S/C16H15FO3/c1-18-15-9-12(10-16(11-15)19-2)7-8-20-14-5-3-13(17)4-6-14/h3-11H,1-2H3/b8-7+. The van der Waals surface area contributed by atoms with Crippen LogP contribution in [0.1, 0.15) is 5.56 Å². The van der Waals surface area contributed by atoms with Gasteiger partial charge < -0.3 is 14.2 Å². The van der Waals surface area contributed by atoms with Crippen LogP contribution < -0.4 is 14.2 Å². The van der Waals surface area contributed by atoms with Crippen LogP contribution in [-0.2, 0) is 0 Å². The molecule has 104 valence electrons. The molecule has 0 amide bonds. The average molecular weight is 274 g/mol. The van der Waals surface area contributed by atoms with E-state index in [1.54, 1.807) is 38.5 Å². The lowest BCUT2D eigenvalue weighted by Crippen LogP contribution is -1.88. The highest BCUT2D eigenvalue weighted by atomic mass is 19.1. The van der Waals surface area contributed by atoms with Crippen molar-refractivity contribution in [2.45, 2.75) is 0 Å². The summed E-state index contributed by atoms with van der Waals surface area (Å²) in [6.07, 6.45) is 3.30. The van der Waals surface area contributed by atoms with Crippen LogP contribution in [0.15, 0.2) is 48.7 Å². The van der Waals surface area contributed by atoms with E-state index in [1.165, 1.54) is 18.4 Å². The van der Waals surface area contributed by atoms with Gasteiger partial charge in [-0.25, -0.2) is 4.39 Å². The van der Waals surface area contributed by atoms with Crippen molar-refractivity contribution in [3.8, 4) is 17.2 Å². The van der Waals surface area contributed by atoms with E-state index in [1.807, 2.05) is 12.1 Å². The third kappa shape index (κ3) is 3.75. The molecule has 0 aliphatic rings. The molecule has 2 aromatic rings. The van der Waals surface area contributed by atoms with Crippen molar-refractivity contribution in [2.24, 2.45) is 0 Å². The summed E-state index contributed by atoms with van der Waals surface area (Å²) in [6, 6.07) is 11.3. The molecule has 0 spiro atoms. The fraction of sp³-hybridized carbons (Fsp3) is 0.125. The third-order valence-electron chi connectivity index (χ3n) is 2.65. The first-order chi connectivity index (χ1) is 9.71. The number of halogens is 1. The maximum atomic E-state index is 12.7. The van der Waals surface area contributed by atoms with Gasteiger partial charge in [-0.05, 0) is 48.0 Å². The van der Waals surface area contributed by atoms with E-state index in [4.69, 9.17) is 14.2 Å². The van der Waals surface area contributed by atoms with Crippen LogP contribution in [0, 0.1) is 5.82 Å². The maximum absolute atomic E-state index is 12.7. The van der Waals surface area contributed by atoms with Gasteiger partial charge in [-0.2, -0.15) is 0 Å². The van der Waals surface area contributed by atoms with Gasteiger partial charge in [0.2, 0.25) is 0 Å². The van der Waals surface area contributed by atoms with Crippen LogP contribution in [0.2, 0.25) is 0 Å². The molecule has 0 saturated carbocycles. The molecule has 2 aromatic carbocycles. The minimum atomic E-state index is -0.293. The van der Waals surface area contributed by atoms with Crippen molar-refractivity contribution in [3.05, 3.63) is 60.1 Å². The Morgan fingerprint density at radius 1 is 0.850 bits per heavy atom. The normalized spacial score (nSPS) is 10.6. The summed E-state index contributed by atoms with van der Waals surface area (Å²) in [4.78, 5) is 0. The molecule has 0 heterocycles. The monoisotopic (exact) mass is 274 g/mol. The molecule has 0 aromatic heterocycles. The second kappa shape index (κ2) is 6.61. The lowest BCUT2D eigenvalue weighted by molar-refractivity contribution is 0.394. The zero-order valence-electron chi connectivity index (χ0n) is 11.3. The molecule has 0 unspecified atom stereocenters. The van der Waals surface area contributed by atoms with Crippen LogP contribution >= 0.6 is 0 Å². The first-order valence-corrected chi connectivity index (χ1v) is 6.03. The summed E-state index contributed by atoms with van der Waals surface area (Å²) in [5.74, 6) is 1.67. The Hall–Kier alpha value is -2.49. The van der Waals surface area contributed by atoms with Gasteiger partial charge in [-0.3, -0.25) is 0 Å². The fourth-order valence-electron chi connectivity index (χ4n) is 1.63. The first-order valence-electron chi connectivity index (χ1n) is 6.03. The Morgan fingerprint density at radius 3 is 2.00 bits per heavy atom. The largest absolute Gasteiger partial charge is 0.497 e. The van der Waals surface area contributed by atoms with Crippen LogP contribution in [0.25, 0.3) is 6.08 Å². The number of hydrogen-bond donors (Lipinski definition) is 0. The van der Waals surface area contributed by atoms with Crippen LogP contribution in [-0.4, -0.2) is 14.2 Å². The van der Waals surface area contributed by atoms with Gasteiger partial charge in [0, 0.05) is 6.07 Å². The van der Waals surface area contributed by atoms with Crippen molar-refractivity contribution < 1.29 is 18.6 Å². The second-order valence-electron chi connectivity index (χ2n) is 4.02. The average Bonchev–Trinajstić information content (AvgIpc) is 2.49. The Kier molecular flexibility index (Phi) is 4.60. The zero-order valence-corrected chi connectivity index (χ0v) is 11.3. The Bertz CT molecular complexity index is 569. The van der Waals surface area contributed by atoms with Crippen molar-refractivity contribution in [3.63, 3.8) is 0 Å². The Labute approximate surface area is 117 Å². The lowest BCUT2D eigenvalue weighted by Gasteiger charge is -2.06. The van der Waals surface area contributed by atoms with E-state index in [0.29, 0.717) is 17.2 Å². The lowest BCUT2D eigenvalue weighted by atomic mass is 10.2. The molecule has 0 radical (unpaired) electrons. The van der Waals surface area contributed by atoms with Crippen molar-refractivity contribution in [1.82, 2.24) is 0 Å². The number of hydrogen-bond acceptors (Lipinski definition) is 3. The molecule has 0 aliphatic heterocycles. The predicted octanol–water partition coefficient (Wildman–Crippen LogP) is 3.89. The minimum absolute atomic E-state index is 0.293. The molecule has 3 nitrogen and oxygen atoms in total. The number of rotatable bonds is 5. The highest BCUT2D eigenvalue weighted by Crippen LogP contribution is 2.23. The van der Waals surface area contributed by atoms with Gasteiger partial charge >= 0.3 is 0 Å². The predicted molar refractivity (Wildman–Crippen MR) is 75.6 cm³/mol. The van der Waals surface area contributed by atoms with Gasteiger partial charge in [-0.1, -0.05) is 0 Å². The van der Waals surface area contributed by atoms with Gasteiger partial charge in [-0.15, -0.1) is 0 Å². The molecule has 0 aliphatic carbocycles. The van der Waals surface area contributed by atoms with Gasteiger partial charge in [0.1, 0.15) is 23.1 Å². The summed E-state index contributed by atoms with van der Waals surface area (Å²) in [5, 5.41) is 0. The molecular weight excluding hydrogens is 259 g/mol. The molecular formula is C16H15FO3. The Morgan fingerprint density at radius 2 is 1.45 bits per heavy atom. The van der Waals surface area contributed by atoms with Crippen molar-refractivity contribution in [2.75, 3.05) is 14.2 Å². The highest BCUT2D eigenvalue weighted by molar-refractivity contribution is 5.54. The fourth-order valence-corrected chi connectivity index (χ4v) is 1.63. The second-order valence-corrected chi connectivity index (χ2v) is 4.02. The van der Waals surface area contributed by atoms with E-state index in [9.17, 15) is 4.39 Å². The zero-order chi connectivity index (χ0) is 14.4. The molecule has 20 heavy (non-hydrogen) atoms. The van der Waals surface area contributed by atoms with E-state index < -0.39 is 0 Å². The minimum Gasteiger partial charge on any atom is -0.497 e. The summed E-state index contributed by atoms with van der Waals surface area (Å²) >= 11 is 0. The highest BCUT2D eigenvalue weighted by Gasteiger charge is 1.99. The number of benzene rings is 2. The number of ether oxygens (including phenoxy) is 3. The first kappa shape index (κ1) is 13.9.